The molecule has 0 radical (unpaired) electrons. The highest BCUT2D eigenvalue weighted by molar-refractivity contribution is 7.89. The van der Waals surface area contributed by atoms with Gasteiger partial charge in [0.1, 0.15) is 5.52 Å². The second kappa shape index (κ2) is 5.50. The van der Waals surface area contributed by atoms with Gasteiger partial charge in [0, 0.05) is 19.5 Å². The maximum absolute atomic E-state index is 12.5. The first-order valence-electron chi connectivity index (χ1n) is 7.27. The van der Waals surface area contributed by atoms with Crippen LogP contribution in [0.4, 0.5) is 0 Å². The highest BCUT2D eigenvalue weighted by atomic mass is 32.2. The van der Waals surface area contributed by atoms with Crippen molar-refractivity contribution in [2.45, 2.75) is 18.4 Å². The Morgan fingerprint density at radius 2 is 1.96 bits per heavy atom. The number of hydrogen-bond donors (Lipinski definition) is 1. The Morgan fingerprint density at radius 1 is 1.12 bits per heavy atom. The van der Waals surface area contributed by atoms with Crippen molar-refractivity contribution >= 4 is 21.1 Å². The molecule has 0 amide bonds. The smallest absolute Gasteiger partial charge is 0.241 e. The SMILES string of the molecule is Cc1nc2ccc(S(=O)(=O)NCc3ccc4c(c3)OCO4)cc2o1. The van der Waals surface area contributed by atoms with Crippen LogP contribution in [0.1, 0.15) is 11.5 Å². The molecule has 0 spiro atoms. The summed E-state index contributed by atoms with van der Waals surface area (Å²) in [4.78, 5) is 4.29. The Morgan fingerprint density at radius 3 is 2.83 bits per heavy atom. The second-order valence-electron chi connectivity index (χ2n) is 5.37. The predicted molar refractivity (Wildman–Crippen MR) is 85.3 cm³/mol. The van der Waals surface area contributed by atoms with Gasteiger partial charge in [-0.3, -0.25) is 0 Å². The van der Waals surface area contributed by atoms with Crippen LogP contribution < -0.4 is 14.2 Å². The zero-order chi connectivity index (χ0) is 16.7. The molecule has 2 aromatic carbocycles. The molecular weight excluding hydrogens is 332 g/mol. The number of benzene rings is 2. The lowest BCUT2D eigenvalue weighted by atomic mass is 10.2. The zero-order valence-corrected chi connectivity index (χ0v) is 13.6. The number of hydrogen-bond acceptors (Lipinski definition) is 6. The summed E-state index contributed by atoms with van der Waals surface area (Å²) < 4.78 is 43.4. The van der Waals surface area contributed by atoms with E-state index in [0.29, 0.717) is 28.5 Å². The molecule has 0 unspecified atom stereocenters. The van der Waals surface area contributed by atoms with Gasteiger partial charge in [-0.15, -0.1) is 0 Å². The second-order valence-corrected chi connectivity index (χ2v) is 7.14. The van der Waals surface area contributed by atoms with Crippen molar-refractivity contribution in [3.05, 3.63) is 47.9 Å². The highest BCUT2D eigenvalue weighted by Gasteiger charge is 2.17. The predicted octanol–water partition coefficient (Wildman–Crippen LogP) is 2.34. The summed E-state index contributed by atoms with van der Waals surface area (Å²) in [7, 11) is -3.66. The first-order chi connectivity index (χ1) is 11.5. The van der Waals surface area contributed by atoms with Gasteiger partial charge < -0.3 is 13.9 Å². The fourth-order valence-electron chi connectivity index (χ4n) is 2.50. The van der Waals surface area contributed by atoms with Crippen molar-refractivity contribution in [2.24, 2.45) is 0 Å². The van der Waals surface area contributed by atoms with Crippen LogP contribution in [0.15, 0.2) is 45.7 Å². The lowest BCUT2D eigenvalue weighted by Crippen LogP contribution is -2.23. The fourth-order valence-corrected chi connectivity index (χ4v) is 3.53. The van der Waals surface area contributed by atoms with E-state index in [1.807, 2.05) is 0 Å². The number of aryl methyl sites for hydroxylation is 1. The molecule has 1 aliphatic rings. The van der Waals surface area contributed by atoms with Crippen molar-refractivity contribution in [3.8, 4) is 11.5 Å². The Labute approximate surface area is 138 Å². The Bertz CT molecular complexity index is 1030. The van der Waals surface area contributed by atoms with Gasteiger partial charge in [-0.2, -0.15) is 0 Å². The van der Waals surface area contributed by atoms with Gasteiger partial charge in [0.2, 0.25) is 16.8 Å². The molecule has 0 saturated heterocycles. The lowest BCUT2D eigenvalue weighted by Gasteiger charge is -2.07. The molecule has 24 heavy (non-hydrogen) atoms. The van der Waals surface area contributed by atoms with Crippen molar-refractivity contribution in [2.75, 3.05) is 6.79 Å². The Kier molecular flexibility index (Phi) is 3.43. The maximum atomic E-state index is 12.5. The molecule has 1 N–H and O–H groups in total. The van der Waals surface area contributed by atoms with E-state index in [9.17, 15) is 8.42 Å². The maximum Gasteiger partial charge on any atom is 0.241 e. The molecular formula is C16H14N2O5S. The number of ether oxygens (including phenoxy) is 2. The summed E-state index contributed by atoms with van der Waals surface area (Å²) in [5.74, 6) is 1.77. The monoisotopic (exact) mass is 346 g/mol. The summed E-state index contributed by atoms with van der Waals surface area (Å²) in [6.45, 7) is 2.04. The summed E-state index contributed by atoms with van der Waals surface area (Å²) in [5, 5.41) is 0. The highest BCUT2D eigenvalue weighted by Crippen LogP contribution is 2.32. The molecule has 0 fully saturated rings. The van der Waals surface area contributed by atoms with Gasteiger partial charge in [0.05, 0.1) is 4.90 Å². The van der Waals surface area contributed by atoms with Gasteiger partial charge >= 0.3 is 0 Å². The number of rotatable bonds is 4. The third-order valence-corrected chi connectivity index (χ3v) is 5.08. The Hall–Kier alpha value is -2.58. The summed E-state index contributed by atoms with van der Waals surface area (Å²) in [5.41, 5.74) is 1.85. The van der Waals surface area contributed by atoms with Crippen LogP contribution in [0.3, 0.4) is 0 Å². The number of aromatic nitrogens is 1. The first-order valence-corrected chi connectivity index (χ1v) is 8.75. The van der Waals surface area contributed by atoms with Gasteiger partial charge in [0.15, 0.2) is 23.0 Å². The first kappa shape index (κ1) is 15.0. The number of nitrogens with one attached hydrogen (secondary N) is 1. The standard InChI is InChI=1S/C16H14N2O5S/c1-10-18-13-4-3-12(7-15(13)23-10)24(19,20)17-8-11-2-5-14-16(6-11)22-9-21-14/h2-7,17H,8-9H2,1H3. The molecule has 124 valence electrons. The number of nitrogens with zero attached hydrogens (tertiary/aromatic N) is 1. The topological polar surface area (TPSA) is 90.7 Å². The van der Waals surface area contributed by atoms with E-state index in [0.717, 1.165) is 5.56 Å². The number of fused-ring (bicyclic) bond motifs is 2. The van der Waals surface area contributed by atoms with E-state index < -0.39 is 10.0 Å². The van der Waals surface area contributed by atoms with E-state index in [-0.39, 0.29) is 18.2 Å². The van der Waals surface area contributed by atoms with Crippen molar-refractivity contribution in [1.29, 1.82) is 0 Å². The van der Waals surface area contributed by atoms with E-state index in [1.54, 1.807) is 31.2 Å². The average Bonchev–Trinajstić information content (AvgIpc) is 3.16. The van der Waals surface area contributed by atoms with Gasteiger partial charge in [-0.05, 0) is 29.8 Å². The molecule has 1 aliphatic heterocycles. The van der Waals surface area contributed by atoms with Gasteiger partial charge in [-0.25, -0.2) is 18.1 Å². The van der Waals surface area contributed by atoms with E-state index in [1.165, 1.54) is 12.1 Å². The van der Waals surface area contributed by atoms with E-state index >= 15 is 0 Å². The van der Waals surface area contributed by atoms with Crippen molar-refractivity contribution < 1.29 is 22.3 Å². The van der Waals surface area contributed by atoms with Crippen LogP contribution in [0.5, 0.6) is 11.5 Å². The molecule has 0 aliphatic carbocycles. The molecule has 0 saturated carbocycles. The molecule has 0 atom stereocenters. The summed E-state index contributed by atoms with van der Waals surface area (Å²) in [6.07, 6.45) is 0. The van der Waals surface area contributed by atoms with E-state index in [2.05, 4.69) is 9.71 Å². The van der Waals surface area contributed by atoms with Crippen LogP contribution in [0, 0.1) is 6.92 Å². The summed E-state index contributed by atoms with van der Waals surface area (Å²) >= 11 is 0. The van der Waals surface area contributed by atoms with Crippen molar-refractivity contribution in [3.63, 3.8) is 0 Å². The zero-order valence-electron chi connectivity index (χ0n) is 12.8. The number of sulfonamides is 1. The fraction of sp³-hybridized carbons (Fsp3) is 0.188. The minimum Gasteiger partial charge on any atom is -0.454 e. The number of oxazole rings is 1. The van der Waals surface area contributed by atoms with Crippen LogP contribution in [0.25, 0.3) is 11.1 Å². The largest absolute Gasteiger partial charge is 0.454 e. The van der Waals surface area contributed by atoms with Crippen LogP contribution >= 0.6 is 0 Å². The minimum absolute atomic E-state index is 0.131. The summed E-state index contributed by atoms with van der Waals surface area (Å²) in [6, 6.07) is 9.91. The normalized spacial score (nSPS) is 13.5. The molecule has 7 nitrogen and oxygen atoms in total. The quantitative estimate of drug-likeness (QED) is 0.780. The third-order valence-electron chi connectivity index (χ3n) is 3.68. The lowest BCUT2D eigenvalue weighted by molar-refractivity contribution is 0.174. The molecule has 3 aromatic rings. The minimum atomic E-state index is -3.66. The molecule has 0 bridgehead atoms. The van der Waals surface area contributed by atoms with Crippen LogP contribution in [-0.2, 0) is 16.6 Å². The average molecular weight is 346 g/mol. The molecule has 8 heteroatoms. The van der Waals surface area contributed by atoms with Crippen molar-refractivity contribution in [1.82, 2.24) is 9.71 Å². The van der Waals surface area contributed by atoms with Crippen LogP contribution in [-0.4, -0.2) is 20.2 Å². The molecule has 4 rings (SSSR count). The molecule has 1 aromatic heterocycles. The molecule has 2 heterocycles. The van der Waals surface area contributed by atoms with E-state index in [4.69, 9.17) is 13.9 Å². The van der Waals surface area contributed by atoms with Crippen LogP contribution in [0.2, 0.25) is 0 Å². The third kappa shape index (κ3) is 2.70. The van der Waals surface area contributed by atoms with Gasteiger partial charge in [-0.1, -0.05) is 6.07 Å². The Balaban J connectivity index is 1.55. The van der Waals surface area contributed by atoms with Gasteiger partial charge in [0.25, 0.3) is 0 Å².